The maximum absolute atomic E-state index is 10.6. The first-order valence-electron chi connectivity index (χ1n) is 4.25. The maximum atomic E-state index is 10.6. The SMILES string of the molecule is Cc1nccc(-n2cc(C(=O)O)cn2)n1. The first-order valence-corrected chi connectivity index (χ1v) is 4.25. The molecule has 0 saturated carbocycles. The van der Waals surface area contributed by atoms with Crippen molar-refractivity contribution in [2.45, 2.75) is 6.92 Å². The van der Waals surface area contributed by atoms with Crippen LogP contribution in [0.15, 0.2) is 24.7 Å². The van der Waals surface area contributed by atoms with Crippen LogP contribution in [0.4, 0.5) is 0 Å². The number of aromatic nitrogens is 4. The Morgan fingerprint density at radius 2 is 2.33 bits per heavy atom. The van der Waals surface area contributed by atoms with Crippen LogP contribution in [0.5, 0.6) is 0 Å². The third-order valence-electron chi connectivity index (χ3n) is 1.83. The summed E-state index contributed by atoms with van der Waals surface area (Å²) in [6.45, 7) is 1.76. The highest BCUT2D eigenvalue weighted by molar-refractivity contribution is 5.86. The summed E-state index contributed by atoms with van der Waals surface area (Å²) in [5.41, 5.74) is 0.131. The summed E-state index contributed by atoms with van der Waals surface area (Å²) in [5, 5.41) is 12.6. The van der Waals surface area contributed by atoms with E-state index in [4.69, 9.17) is 5.11 Å². The largest absolute Gasteiger partial charge is 0.478 e. The van der Waals surface area contributed by atoms with Gasteiger partial charge >= 0.3 is 5.97 Å². The highest BCUT2D eigenvalue weighted by Gasteiger charge is 2.07. The second kappa shape index (κ2) is 3.49. The Labute approximate surface area is 85.2 Å². The van der Waals surface area contributed by atoms with Crippen molar-refractivity contribution < 1.29 is 9.90 Å². The maximum Gasteiger partial charge on any atom is 0.338 e. The number of rotatable bonds is 2. The van der Waals surface area contributed by atoms with Crippen molar-refractivity contribution in [1.29, 1.82) is 0 Å². The molecule has 2 heterocycles. The fourth-order valence-electron chi connectivity index (χ4n) is 1.13. The molecule has 0 aliphatic carbocycles. The van der Waals surface area contributed by atoms with Crippen LogP contribution < -0.4 is 0 Å². The van der Waals surface area contributed by atoms with E-state index in [1.807, 2.05) is 0 Å². The molecular weight excluding hydrogens is 196 g/mol. The lowest BCUT2D eigenvalue weighted by Crippen LogP contribution is -2.00. The number of carbonyl (C=O) groups is 1. The number of hydrogen-bond donors (Lipinski definition) is 1. The third kappa shape index (κ3) is 1.83. The number of nitrogens with zero attached hydrogens (tertiary/aromatic N) is 4. The van der Waals surface area contributed by atoms with Gasteiger partial charge in [-0.25, -0.2) is 19.4 Å². The quantitative estimate of drug-likeness (QED) is 0.777. The zero-order valence-corrected chi connectivity index (χ0v) is 7.95. The van der Waals surface area contributed by atoms with Gasteiger partial charge in [0.1, 0.15) is 5.82 Å². The van der Waals surface area contributed by atoms with Gasteiger partial charge < -0.3 is 5.11 Å². The number of aryl methyl sites for hydroxylation is 1. The molecule has 0 atom stereocenters. The summed E-state index contributed by atoms with van der Waals surface area (Å²) in [4.78, 5) is 18.7. The molecular formula is C9H8N4O2. The van der Waals surface area contributed by atoms with E-state index in [-0.39, 0.29) is 5.56 Å². The van der Waals surface area contributed by atoms with Gasteiger partial charge in [-0.3, -0.25) is 0 Å². The molecule has 0 radical (unpaired) electrons. The van der Waals surface area contributed by atoms with Crippen LogP contribution >= 0.6 is 0 Å². The van der Waals surface area contributed by atoms with Crippen molar-refractivity contribution in [3.8, 4) is 5.82 Å². The van der Waals surface area contributed by atoms with Crippen LogP contribution in [0.3, 0.4) is 0 Å². The van der Waals surface area contributed by atoms with Crippen LogP contribution in [0.1, 0.15) is 16.2 Å². The van der Waals surface area contributed by atoms with Gasteiger partial charge in [0.2, 0.25) is 0 Å². The number of aromatic carboxylic acids is 1. The van der Waals surface area contributed by atoms with E-state index in [1.54, 1.807) is 19.2 Å². The van der Waals surface area contributed by atoms with E-state index in [0.717, 1.165) is 0 Å². The van der Waals surface area contributed by atoms with Crippen LogP contribution in [0.2, 0.25) is 0 Å². The van der Waals surface area contributed by atoms with E-state index in [0.29, 0.717) is 11.6 Å². The van der Waals surface area contributed by atoms with Gasteiger partial charge in [0.15, 0.2) is 5.82 Å². The molecule has 6 heteroatoms. The minimum absolute atomic E-state index is 0.131. The average Bonchev–Trinajstić information content (AvgIpc) is 2.66. The lowest BCUT2D eigenvalue weighted by Gasteiger charge is -1.99. The standard InChI is InChI=1S/C9H8N4O2/c1-6-10-3-2-8(12-6)13-5-7(4-11-13)9(14)15/h2-5H,1H3,(H,14,15). The van der Waals surface area contributed by atoms with Gasteiger partial charge in [-0.15, -0.1) is 0 Å². The molecule has 0 aliphatic rings. The molecule has 0 spiro atoms. The van der Waals surface area contributed by atoms with E-state index in [9.17, 15) is 4.79 Å². The normalized spacial score (nSPS) is 10.2. The van der Waals surface area contributed by atoms with Gasteiger partial charge in [-0.1, -0.05) is 0 Å². The van der Waals surface area contributed by atoms with Crippen molar-refractivity contribution in [3.05, 3.63) is 36.0 Å². The van der Waals surface area contributed by atoms with Crippen molar-refractivity contribution >= 4 is 5.97 Å². The summed E-state index contributed by atoms with van der Waals surface area (Å²) in [5.74, 6) is 0.155. The molecule has 0 aromatic carbocycles. The highest BCUT2D eigenvalue weighted by Crippen LogP contribution is 2.04. The minimum atomic E-state index is -1.01. The summed E-state index contributed by atoms with van der Waals surface area (Å²) >= 11 is 0. The van der Waals surface area contributed by atoms with Crippen LogP contribution in [0.25, 0.3) is 5.82 Å². The Bertz CT molecular complexity index is 506. The van der Waals surface area contributed by atoms with Crippen LogP contribution in [0, 0.1) is 6.92 Å². The molecule has 0 amide bonds. The molecule has 2 rings (SSSR count). The third-order valence-corrected chi connectivity index (χ3v) is 1.83. The lowest BCUT2D eigenvalue weighted by molar-refractivity contribution is 0.0697. The Morgan fingerprint density at radius 3 is 2.93 bits per heavy atom. The van der Waals surface area contributed by atoms with Crippen molar-refractivity contribution in [3.63, 3.8) is 0 Å². The minimum Gasteiger partial charge on any atom is -0.478 e. The fraction of sp³-hybridized carbons (Fsp3) is 0.111. The zero-order valence-electron chi connectivity index (χ0n) is 7.95. The molecule has 2 aromatic rings. The topological polar surface area (TPSA) is 80.9 Å². The number of hydrogen-bond acceptors (Lipinski definition) is 4. The van der Waals surface area contributed by atoms with Gasteiger partial charge in [0.05, 0.1) is 11.8 Å². The summed E-state index contributed by atoms with van der Waals surface area (Å²) in [6, 6.07) is 1.66. The second-order valence-electron chi connectivity index (χ2n) is 2.94. The predicted molar refractivity (Wildman–Crippen MR) is 50.9 cm³/mol. The second-order valence-corrected chi connectivity index (χ2v) is 2.94. The van der Waals surface area contributed by atoms with E-state index < -0.39 is 5.97 Å². The first-order chi connectivity index (χ1) is 7.16. The van der Waals surface area contributed by atoms with Gasteiger partial charge in [0.25, 0.3) is 0 Å². The van der Waals surface area contributed by atoms with Crippen LogP contribution in [-0.2, 0) is 0 Å². The van der Waals surface area contributed by atoms with E-state index in [1.165, 1.54) is 17.1 Å². The Morgan fingerprint density at radius 1 is 1.53 bits per heavy atom. The predicted octanol–water partition coefficient (Wildman–Crippen LogP) is 0.669. The Hall–Kier alpha value is -2.24. The van der Waals surface area contributed by atoms with Crippen molar-refractivity contribution in [2.75, 3.05) is 0 Å². The smallest absolute Gasteiger partial charge is 0.338 e. The van der Waals surface area contributed by atoms with Gasteiger partial charge in [-0.05, 0) is 6.92 Å². The van der Waals surface area contributed by atoms with Gasteiger partial charge in [0, 0.05) is 18.5 Å². The Kier molecular flexibility index (Phi) is 2.17. The molecule has 0 bridgehead atoms. The molecule has 2 aromatic heterocycles. The van der Waals surface area contributed by atoms with E-state index >= 15 is 0 Å². The van der Waals surface area contributed by atoms with E-state index in [2.05, 4.69) is 15.1 Å². The molecule has 6 nitrogen and oxygen atoms in total. The first kappa shape index (κ1) is 9.32. The number of carboxylic acid groups (broad SMARTS) is 1. The lowest BCUT2D eigenvalue weighted by atomic mass is 10.4. The highest BCUT2D eigenvalue weighted by atomic mass is 16.4. The fourth-order valence-corrected chi connectivity index (χ4v) is 1.13. The summed E-state index contributed by atoms with van der Waals surface area (Å²) in [6.07, 6.45) is 4.28. The van der Waals surface area contributed by atoms with Crippen molar-refractivity contribution in [1.82, 2.24) is 19.7 Å². The number of carboxylic acids is 1. The molecule has 15 heavy (non-hydrogen) atoms. The average molecular weight is 204 g/mol. The van der Waals surface area contributed by atoms with Crippen molar-refractivity contribution in [2.24, 2.45) is 0 Å². The molecule has 0 unspecified atom stereocenters. The molecule has 1 N–H and O–H groups in total. The van der Waals surface area contributed by atoms with Gasteiger partial charge in [-0.2, -0.15) is 5.10 Å². The Balaban J connectivity index is 2.41. The summed E-state index contributed by atoms with van der Waals surface area (Å²) < 4.78 is 1.40. The summed E-state index contributed by atoms with van der Waals surface area (Å²) in [7, 11) is 0. The molecule has 76 valence electrons. The molecule has 0 fully saturated rings. The van der Waals surface area contributed by atoms with Crippen LogP contribution in [-0.4, -0.2) is 30.8 Å². The molecule has 0 saturated heterocycles. The molecule has 0 aliphatic heterocycles. The zero-order chi connectivity index (χ0) is 10.8. The monoisotopic (exact) mass is 204 g/mol.